The summed E-state index contributed by atoms with van der Waals surface area (Å²) in [6.45, 7) is 0.00257. The molecule has 26 heavy (non-hydrogen) atoms. The van der Waals surface area contributed by atoms with Gasteiger partial charge < -0.3 is 10.2 Å². The first-order valence-corrected chi connectivity index (χ1v) is 9.79. The van der Waals surface area contributed by atoms with Crippen molar-refractivity contribution in [3.05, 3.63) is 86.5 Å². The fraction of sp³-hybridized carbons (Fsp3) is 0.100. The van der Waals surface area contributed by atoms with Gasteiger partial charge in [0.2, 0.25) is 5.91 Å². The predicted molar refractivity (Wildman–Crippen MR) is 106 cm³/mol. The van der Waals surface area contributed by atoms with Crippen LogP contribution in [0.3, 0.4) is 0 Å². The second-order valence-corrected chi connectivity index (χ2v) is 7.89. The highest BCUT2D eigenvalue weighted by molar-refractivity contribution is 9.10. The van der Waals surface area contributed by atoms with Crippen molar-refractivity contribution in [1.29, 1.82) is 0 Å². The van der Waals surface area contributed by atoms with Crippen LogP contribution < -0.4 is 5.32 Å². The summed E-state index contributed by atoms with van der Waals surface area (Å²) < 4.78 is 0.904. The standard InChI is InChI=1S/C20H15BrN2O2S/c21-14-8-9-16-15(11-14)19(17-7-4-10-26-17)23(12-18(24)22-16)20(25)13-5-2-1-3-6-13/h1-11,19H,12H2,(H,22,24). The van der Waals surface area contributed by atoms with E-state index >= 15 is 0 Å². The third-order valence-electron chi connectivity index (χ3n) is 4.30. The van der Waals surface area contributed by atoms with Crippen LogP contribution in [0.4, 0.5) is 5.69 Å². The van der Waals surface area contributed by atoms with E-state index in [1.807, 2.05) is 53.9 Å². The molecule has 1 aromatic heterocycles. The number of nitrogens with zero attached hydrogens (tertiary/aromatic N) is 1. The molecule has 3 aromatic rings. The third kappa shape index (κ3) is 3.18. The van der Waals surface area contributed by atoms with Crippen LogP contribution in [0.15, 0.2) is 70.5 Å². The van der Waals surface area contributed by atoms with Gasteiger partial charge in [-0.2, -0.15) is 0 Å². The summed E-state index contributed by atoms with van der Waals surface area (Å²) in [5.41, 5.74) is 2.21. The molecule has 1 unspecified atom stereocenters. The SMILES string of the molecule is O=C1CN(C(=O)c2ccccc2)C(c2cccs2)c2cc(Br)ccc2N1. The highest BCUT2D eigenvalue weighted by Gasteiger charge is 2.34. The summed E-state index contributed by atoms with van der Waals surface area (Å²) in [6.07, 6.45) is 0. The molecule has 2 aromatic carbocycles. The first-order chi connectivity index (χ1) is 12.6. The zero-order valence-electron chi connectivity index (χ0n) is 13.7. The molecule has 1 N–H and O–H groups in total. The molecule has 1 aliphatic heterocycles. The number of anilines is 1. The van der Waals surface area contributed by atoms with Crippen LogP contribution in [0.2, 0.25) is 0 Å². The molecular formula is C20H15BrN2O2S. The van der Waals surface area contributed by atoms with Crippen molar-refractivity contribution in [2.75, 3.05) is 11.9 Å². The summed E-state index contributed by atoms with van der Waals surface area (Å²) in [5.74, 6) is -0.358. The summed E-state index contributed by atoms with van der Waals surface area (Å²) in [5, 5.41) is 4.91. The molecular weight excluding hydrogens is 412 g/mol. The molecule has 1 atom stereocenters. The fourth-order valence-corrected chi connectivity index (χ4v) is 4.40. The van der Waals surface area contributed by atoms with E-state index < -0.39 is 0 Å². The van der Waals surface area contributed by atoms with Crippen LogP contribution in [-0.2, 0) is 4.79 Å². The monoisotopic (exact) mass is 426 g/mol. The minimum Gasteiger partial charge on any atom is -0.324 e. The van der Waals surface area contributed by atoms with E-state index in [1.165, 1.54) is 0 Å². The Balaban J connectivity index is 1.88. The fourth-order valence-electron chi connectivity index (χ4n) is 3.17. The number of amides is 2. The van der Waals surface area contributed by atoms with Crippen molar-refractivity contribution in [1.82, 2.24) is 4.90 Å². The second kappa shape index (κ2) is 7.05. The van der Waals surface area contributed by atoms with Gasteiger partial charge in [-0.05, 0) is 41.8 Å². The topological polar surface area (TPSA) is 49.4 Å². The zero-order chi connectivity index (χ0) is 18.1. The predicted octanol–water partition coefficient (Wildman–Crippen LogP) is 4.69. The summed E-state index contributed by atoms with van der Waals surface area (Å²) in [7, 11) is 0. The smallest absolute Gasteiger partial charge is 0.255 e. The lowest BCUT2D eigenvalue weighted by Crippen LogP contribution is -2.38. The molecule has 0 radical (unpaired) electrons. The lowest BCUT2D eigenvalue weighted by molar-refractivity contribution is -0.117. The summed E-state index contributed by atoms with van der Waals surface area (Å²) >= 11 is 5.09. The Morgan fingerprint density at radius 1 is 1.12 bits per heavy atom. The minimum absolute atomic E-state index is 0.00257. The molecule has 130 valence electrons. The van der Waals surface area contributed by atoms with E-state index in [9.17, 15) is 9.59 Å². The van der Waals surface area contributed by atoms with Crippen molar-refractivity contribution >= 4 is 44.8 Å². The second-order valence-electron chi connectivity index (χ2n) is 6.00. The Hall–Kier alpha value is -2.44. The minimum atomic E-state index is -0.325. The van der Waals surface area contributed by atoms with E-state index in [1.54, 1.807) is 28.4 Å². The molecule has 0 saturated heterocycles. The van der Waals surface area contributed by atoms with E-state index in [-0.39, 0.29) is 24.4 Å². The zero-order valence-corrected chi connectivity index (χ0v) is 16.1. The van der Waals surface area contributed by atoms with Crippen molar-refractivity contribution in [2.24, 2.45) is 0 Å². The first-order valence-electron chi connectivity index (χ1n) is 8.12. The van der Waals surface area contributed by atoms with Crippen LogP contribution in [0.1, 0.15) is 26.8 Å². The lowest BCUT2D eigenvalue weighted by Gasteiger charge is -2.29. The van der Waals surface area contributed by atoms with Gasteiger partial charge in [-0.25, -0.2) is 0 Å². The Morgan fingerprint density at radius 2 is 1.92 bits per heavy atom. The van der Waals surface area contributed by atoms with Gasteiger partial charge in [-0.1, -0.05) is 40.2 Å². The molecule has 0 fully saturated rings. The molecule has 0 saturated carbocycles. The van der Waals surface area contributed by atoms with Crippen LogP contribution in [0.5, 0.6) is 0 Å². The normalized spacial score (nSPS) is 16.6. The number of rotatable bonds is 2. The van der Waals surface area contributed by atoms with Crippen molar-refractivity contribution in [3.63, 3.8) is 0 Å². The van der Waals surface area contributed by atoms with Crippen LogP contribution in [0, 0.1) is 0 Å². The Kier molecular flexibility index (Phi) is 4.61. The van der Waals surface area contributed by atoms with Gasteiger partial charge in [0.25, 0.3) is 5.91 Å². The highest BCUT2D eigenvalue weighted by atomic mass is 79.9. The number of thiophene rings is 1. The molecule has 0 bridgehead atoms. The molecule has 2 heterocycles. The number of hydrogen-bond donors (Lipinski definition) is 1. The van der Waals surface area contributed by atoms with Gasteiger partial charge in [0.05, 0.1) is 6.04 Å². The van der Waals surface area contributed by atoms with Crippen molar-refractivity contribution in [2.45, 2.75) is 6.04 Å². The summed E-state index contributed by atoms with van der Waals surface area (Å²) in [4.78, 5) is 28.4. The molecule has 0 aliphatic carbocycles. The van der Waals surface area contributed by atoms with E-state index in [0.717, 1.165) is 20.6 Å². The Labute approximate surface area is 163 Å². The average Bonchev–Trinajstić information content (AvgIpc) is 3.13. The van der Waals surface area contributed by atoms with Gasteiger partial charge >= 0.3 is 0 Å². The van der Waals surface area contributed by atoms with Gasteiger partial charge in [-0.15, -0.1) is 11.3 Å². The first kappa shape index (κ1) is 17.0. The maximum atomic E-state index is 13.2. The maximum Gasteiger partial charge on any atom is 0.255 e. The van der Waals surface area contributed by atoms with Gasteiger partial charge in [0, 0.05) is 26.2 Å². The Morgan fingerprint density at radius 3 is 2.65 bits per heavy atom. The van der Waals surface area contributed by atoms with Gasteiger partial charge in [0.1, 0.15) is 6.54 Å². The Bertz CT molecular complexity index is 957. The molecule has 1 aliphatic rings. The quantitative estimate of drug-likeness (QED) is 0.645. The summed E-state index contributed by atoms with van der Waals surface area (Å²) in [6, 6.07) is 18.4. The lowest BCUT2D eigenvalue weighted by atomic mass is 10.0. The number of hydrogen-bond acceptors (Lipinski definition) is 3. The van der Waals surface area contributed by atoms with Crippen LogP contribution in [0.25, 0.3) is 0 Å². The average molecular weight is 427 g/mol. The maximum absolute atomic E-state index is 13.2. The van der Waals surface area contributed by atoms with Crippen LogP contribution >= 0.6 is 27.3 Å². The molecule has 4 nitrogen and oxygen atoms in total. The molecule has 2 amide bonds. The number of nitrogens with one attached hydrogen (secondary N) is 1. The number of benzene rings is 2. The van der Waals surface area contributed by atoms with E-state index in [2.05, 4.69) is 21.2 Å². The number of carbonyl (C=O) groups excluding carboxylic acids is 2. The molecule has 4 rings (SSSR count). The van der Waals surface area contributed by atoms with Crippen LogP contribution in [-0.4, -0.2) is 23.3 Å². The van der Waals surface area contributed by atoms with Gasteiger partial charge in [-0.3, -0.25) is 9.59 Å². The third-order valence-corrected chi connectivity index (χ3v) is 5.72. The largest absolute Gasteiger partial charge is 0.324 e. The van der Waals surface area contributed by atoms with Crippen molar-refractivity contribution < 1.29 is 9.59 Å². The van der Waals surface area contributed by atoms with E-state index in [0.29, 0.717) is 5.56 Å². The molecule has 6 heteroatoms. The molecule has 0 spiro atoms. The van der Waals surface area contributed by atoms with Gasteiger partial charge in [0.15, 0.2) is 0 Å². The van der Waals surface area contributed by atoms with Crippen molar-refractivity contribution in [3.8, 4) is 0 Å². The number of halogens is 1. The number of carbonyl (C=O) groups is 2. The highest BCUT2D eigenvalue weighted by Crippen LogP contribution is 2.39. The number of fused-ring (bicyclic) bond motifs is 1. The van der Waals surface area contributed by atoms with E-state index in [4.69, 9.17) is 0 Å².